The van der Waals surface area contributed by atoms with Crippen LogP contribution in [0.3, 0.4) is 0 Å². The first kappa shape index (κ1) is 13.3. The summed E-state index contributed by atoms with van der Waals surface area (Å²) in [5.41, 5.74) is 1.42. The van der Waals surface area contributed by atoms with Crippen molar-refractivity contribution in [3.8, 4) is 5.75 Å². The van der Waals surface area contributed by atoms with Crippen LogP contribution in [0.25, 0.3) is 6.08 Å². The molecule has 0 N–H and O–H groups in total. The number of aryl methyl sites for hydroxylation is 1. The van der Waals surface area contributed by atoms with Crippen molar-refractivity contribution in [2.45, 2.75) is 19.5 Å². The van der Waals surface area contributed by atoms with Gasteiger partial charge in [-0.15, -0.1) is 0 Å². The molecule has 2 rings (SSSR count). The van der Waals surface area contributed by atoms with Crippen LogP contribution >= 0.6 is 10.7 Å². The lowest BCUT2D eigenvalue weighted by atomic mass is 9.97. The molecule has 0 spiro atoms. The summed E-state index contributed by atoms with van der Waals surface area (Å²) in [5, 5.41) is 0. The van der Waals surface area contributed by atoms with E-state index in [1.807, 2.05) is 0 Å². The molecule has 1 aromatic rings. The fraction of sp³-hybridized carbons (Fsp3) is 0.273. The predicted molar refractivity (Wildman–Crippen MR) is 64.1 cm³/mol. The summed E-state index contributed by atoms with van der Waals surface area (Å²) in [5.74, 6) is 0.0642. The van der Waals surface area contributed by atoms with E-state index in [0.29, 0.717) is 12.0 Å². The molecule has 18 heavy (non-hydrogen) atoms. The molecule has 0 unspecified atom stereocenters. The Bertz CT molecular complexity index is 596. The summed E-state index contributed by atoms with van der Waals surface area (Å²) in [7, 11) is 1.54. The molecule has 0 heterocycles. The van der Waals surface area contributed by atoms with Crippen LogP contribution in [-0.2, 0) is 15.5 Å². The second-order valence-corrected chi connectivity index (χ2v) is 6.41. The average Bonchev–Trinajstić information content (AvgIpc) is 2.26. The smallest absolute Gasteiger partial charge is 0.387 e. The van der Waals surface area contributed by atoms with Gasteiger partial charge < -0.3 is 4.74 Å². The highest BCUT2D eigenvalue weighted by atomic mass is 35.7. The van der Waals surface area contributed by atoms with E-state index in [1.165, 1.54) is 24.3 Å². The Kier molecular flexibility index (Phi) is 3.59. The molecule has 0 saturated carbocycles. The fourth-order valence-corrected chi connectivity index (χ4v) is 2.79. The van der Waals surface area contributed by atoms with Gasteiger partial charge in [-0.2, -0.15) is 8.78 Å². The molecule has 0 fully saturated rings. The molecule has 1 aliphatic rings. The Labute approximate surface area is 107 Å². The standard InChI is InChI=1S/C11H9ClF2O3S/c12-18(15,16)10-4-2-7-5-9(17-11(13)14)3-1-8(7)6-10/h1,3,5-6,11H,2,4H2. The first-order valence-corrected chi connectivity index (χ1v) is 7.40. The number of alkyl halides is 2. The van der Waals surface area contributed by atoms with Crippen molar-refractivity contribution in [1.29, 1.82) is 0 Å². The predicted octanol–water partition coefficient (Wildman–Crippen LogP) is 3.14. The summed E-state index contributed by atoms with van der Waals surface area (Å²) >= 11 is 0. The normalized spacial score (nSPS) is 15.2. The minimum atomic E-state index is -3.72. The quantitative estimate of drug-likeness (QED) is 0.804. The van der Waals surface area contributed by atoms with Crippen molar-refractivity contribution < 1.29 is 21.9 Å². The maximum Gasteiger partial charge on any atom is 0.387 e. The topological polar surface area (TPSA) is 43.4 Å². The van der Waals surface area contributed by atoms with Crippen molar-refractivity contribution in [3.63, 3.8) is 0 Å². The Morgan fingerprint density at radius 2 is 2.00 bits per heavy atom. The molecule has 0 bridgehead atoms. The average molecular weight is 295 g/mol. The minimum Gasteiger partial charge on any atom is -0.435 e. The lowest BCUT2D eigenvalue weighted by molar-refractivity contribution is -0.0498. The molecule has 0 saturated heterocycles. The van der Waals surface area contributed by atoms with Gasteiger partial charge >= 0.3 is 6.61 Å². The van der Waals surface area contributed by atoms with Gasteiger partial charge in [0.05, 0.1) is 4.91 Å². The zero-order valence-electron chi connectivity index (χ0n) is 9.07. The van der Waals surface area contributed by atoms with Gasteiger partial charge in [-0.3, -0.25) is 0 Å². The van der Waals surface area contributed by atoms with Crippen molar-refractivity contribution in [2.75, 3.05) is 0 Å². The molecule has 98 valence electrons. The monoisotopic (exact) mass is 294 g/mol. The Hall–Kier alpha value is -1.14. The van der Waals surface area contributed by atoms with Crippen LogP contribution in [0, 0.1) is 0 Å². The number of fused-ring (bicyclic) bond motifs is 1. The largest absolute Gasteiger partial charge is 0.435 e. The molecule has 1 aliphatic carbocycles. The molecular weight excluding hydrogens is 286 g/mol. The summed E-state index contributed by atoms with van der Waals surface area (Å²) in [6.07, 6.45) is 2.14. The van der Waals surface area contributed by atoms with Gasteiger partial charge in [-0.25, -0.2) is 8.42 Å². The second-order valence-electron chi connectivity index (χ2n) is 3.79. The Morgan fingerprint density at radius 1 is 1.28 bits per heavy atom. The highest BCUT2D eigenvalue weighted by Gasteiger charge is 2.20. The van der Waals surface area contributed by atoms with Crippen LogP contribution in [0.15, 0.2) is 23.1 Å². The van der Waals surface area contributed by atoms with Gasteiger partial charge in [-0.1, -0.05) is 6.07 Å². The number of benzene rings is 1. The molecule has 1 aromatic carbocycles. The van der Waals surface area contributed by atoms with Crippen molar-refractivity contribution in [3.05, 3.63) is 34.2 Å². The third-order valence-corrected chi connectivity index (χ3v) is 4.15. The van der Waals surface area contributed by atoms with E-state index in [1.54, 1.807) is 0 Å². The summed E-state index contributed by atoms with van der Waals surface area (Å²) < 4.78 is 50.7. The highest BCUT2D eigenvalue weighted by molar-refractivity contribution is 8.16. The lowest BCUT2D eigenvalue weighted by Gasteiger charge is -2.15. The molecule has 0 amide bonds. The van der Waals surface area contributed by atoms with Crippen LogP contribution < -0.4 is 4.74 Å². The minimum absolute atomic E-state index is 0.0642. The van der Waals surface area contributed by atoms with Crippen molar-refractivity contribution >= 4 is 25.8 Å². The van der Waals surface area contributed by atoms with Crippen molar-refractivity contribution in [1.82, 2.24) is 0 Å². The molecule has 0 aliphatic heterocycles. The zero-order chi connectivity index (χ0) is 13.3. The first-order valence-electron chi connectivity index (χ1n) is 5.09. The highest BCUT2D eigenvalue weighted by Crippen LogP contribution is 2.31. The van der Waals surface area contributed by atoms with Gasteiger partial charge in [0.2, 0.25) is 0 Å². The van der Waals surface area contributed by atoms with E-state index in [4.69, 9.17) is 10.7 Å². The number of allylic oxidation sites excluding steroid dienone is 1. The Morgan fingerprint density at radius 3 is 2.61 bits per heavy atom. The van der Waals surface area contributed by atoms with Gasteiger partial charge in [0, 0.05) is 10.7 Å². The van der Waals surface area contributed by atoms with E-state index >= 15 is 0 Å². The maximum atomic E-state index is 12.0. The van der Waals surface area contributed by atoms with Crippen LogP contribution in [0.1, 0.15) is 17.5 Å². The third-order valence-electron chi connectivity index (χ3n) is 2.61. The number of hydrogen-bond acceptors (Lipinski definition) is 3. The van der Waals surface area contributed by atoms with E-state index < -0.39 is 15.7 Å². The summed E-state index contributed by atoms with van der Waals surface area (Å²) in [4.78, 5) is 0.138. The number of ether oxygens (including phenoxy) is 1. The van der Waals surface area contributed by atoms with E-state index in [9.17, 15) is 17.2 Å². The second kappa shape index (κ2) is 4.85. The molecule has 0 aromatic heterocycles. The molecule has 3 nitrogen and oxygen atoms in total. The molecule has 0 radical (unpaired) electrons. The summed E-state index contributed by atoms with van der Waals surface area (Å²) in [6, 6.07) is 4.38. The number of hydrogen-bond donors (Lipinski definition) is 0. The van der Waals surface area contributed by atoms with Gasteiger partial charge in [0.15, 0.2) is 0 Å². The Balaban J connectivity index is 2.34. The number of halogens is 3. The van der Waals surface area contributed by atoms with Gasteiger partial charge in [0.1, 0.15) is 5.75 Å². The zero-order valence-corrected chi connectivity index (χ0v) is 10.6. The summed E-state index contributed by atoms with van der Waals surface area (Å²) in [6.45, 7) is -2.87. The van der Waals surface area contributed by atoms with Crippen LogP contribution in [0.5, 0.6) is 5.75 Å². The lowest BCUT2D eigenvalue weighted by Crippen LogP contribution is -2.06. The van der Waals surface area contributed by atoms with Crippen LogP contribution in [0.2, 0.25) is 0 Å². The van der Waals surface area contributed by atoms with Crippen LogP contribution in [-0.4, -0.2) is 15.0 Å². The fourth-order valence-electron chi connectivity index (χ4n) is 1.81. The number of rotatable bonds is 3. The third kappa shape index (κ3) is 3.00. The maximum absolute atomic E-state index is 12.0. The molecule has 7 heteroatoms. The molecule has 0 atom stereocenters. The van der Waals surface area contributed by atoms with E-state index in [2.05, 4.69) is 4.74 Å². The van der Waals surface area contributed by atoms with Crippen molar-refractivity contribution in [2.24, 2.45) is 0 Å². The SMILES string of the molecule is O=S(=O)(Cl)C1=Cc2ccc(OC(F)F)cc2CC1. The van der Waals surface area contributed by atoms with Crippen LogP contribution in [0.4, 0.5) is 8.78 Å². The van der Waals surface area contributed by atoms with Gasteiger partial charge in [-0.05, 0) is 42.2 Å². The van der Waals surface area contributed by atoms with Gasteiger partial charge in [0.25, 0.3) is 9.05 Å². The van der Waals surface area contributed by atoms with E-state index in [0.717, 1.165) is 5.56 Å². The van der Waals surface area contributed by atoms with E-state index in [-0.39, 0.29) is 17.1 Å². The first-order chi connectivity index (χ1) is 8.36. The molecular formula is C11H9ClF2O3S.